The van der Waals surface area contributed by atoms with E-state index in [1.807, 2.05) is 0 Å². The number of unbranched alkanes of at least 4 members (excludes halogenated alkanes) is 22. The molecule has 0 fully saturated rings. The van der Waals surface area contributed by atoms with Crippen molar-refractivity contribution in [1.29, 1.82) is 0 Å². The van der Waals surface area contributed by atoms with E-state index in [4.69, 9.17) is 4.43 Å². The highest BCUT2D eigenvalue weighted by Gasteiger charge is 2.36. The van der Waals surface area contributed by atoms with Crippen LogP contribution in [0.3, 0.4) is 0 Å². The summed E-state index contributed by atoms with van der Waals surface area (Å²) in [4.78, 5) is 0. The molecule has 3 rings (SSSR count). The molecule has 0 aromatic heterocycles. The van der Waals surface area contributed by atoms with Crippen LogP contribution in [0.2, 0.25) is 57.4 Å². The highest BCUT2D eigenvalue weighted by molar-refractivity contribution is 6.84. The third-order valence-electron chi connectivity index (χ3n) is 14.1. The first-order chi connectivity index (χ1) is 34.2. The molecule has 0 aliphatic heterocycles. The van der Waals surface area contributed by atoms with Crippen LogP contribution in [-0.4, -0.2) is 31.1 Å². The molecule has 394 valence electrons. The molecule has 3 aromatic rings. The van der Waals surface area contributed by atoms with E-state index >= 15 is 0 Å². The van der Waals surface area contributed by atoms with E-state index in [1.165, 1.54) is 171 Å². The van der Waals surface area contributed by atoms with Crippen LogP contribution in [0.1, 0.15) is 239 Å². The van der Waals surface area contributed by atoms with Gasteiger partial charge in [0, 0.05) is 40.0 Å². The number of rotatable bonds is 30. The van der Waals surface area contributed by atoms with Crippen molar-refractivity contribution in [2.75, 3.05) is 6.61 Å². The summed E-state index contributed by atoms with van der Waals surface area (Å²) in [5, 5.41) is 0.163. The van der Waals surface area contributed by atoms with Crippen molar-refractivity contribution in [3.63, 3.8) is 0 Å². The minimum atomic E-state index is -1.89. The van der Waals surface area contributed by atoms with Crippen molar-refractivity contribution in [1.82, 2.24) is 0 Å². The molecule has 0 saturated heterocycles. The first-order valence-corrected chi connectivity index (χ1v) is 39.3. The SMILES string of the molecule is CCCCCCCCCCCCCCc1cc(C#Cc2cc(C#Cc3cc(C#C[Si](C)(C)C)cc(CCCCCCCCCCCCCC)c3)cc(CCO[Si](C)(C)C(C)(C)C)c2)cc(C#C[Si](C)(C)C)c1. The van der Waals surface area contributed by atoms with Crippen LogP contribution in [0, 0.1) is 46.6 Å². The van der Waals surface area contributed by atoms with E-state index in [9.17, 15) is 0 Å². The molecule has 0 aliphatic carbocycles. The summed E-state index contributed by atoms with van der Waals surface area (Å²) in [7, 11) is -4.98. The van der Waals surface area contributed by atoms with Gasteiger partial charge in [-0.1, -0.05) is 251 Å². The van der Waals surface area contributed by atoms with Gasteiger partial charge >= 0.3 is 0 Å². The minimum absolute atomic E-state index is 0.163. The summed E-state index contributed by atoms with van der Waals surface area (Å²) in [5.74, 6) is 21.6. The zero-order valence-electron chi connectivity index (χ0n) is 48.9. The molecule has 0 N–H and O–H groups in total. The molecule has 0 atom stereocenters. The molecule has 0 bridgehead atoms. The normalized spacial score (nSPS) is 11.7. The molecular weight excluding hydrogens is 917 g/mol. The van der Waals surface area contributed by atoms with Crippen molar-refractivity contribution in [2.24, 2.45) is 0 Å². The quantitative estimate of drug-likeness (QED) is 0.0367. The molecule has 1 nitrogen and oxygen atoms in total. The summed E-state index contributed by atoms with van der Waals surface area (Å²) < 4.78 is 6.70. The zero-order valence-corrected chi connectivity index (χ0v) is 51.9. The standard InChI is InChI=1S/C68H104OSi3/c1-14-16-18-20-22-24-26-28-30-32-34-36-38-59-50-61(57-66(52-59)45-48-70(6,7)8)40-42-63-54-64(56-65(55-63)44-47-69-72(12,13)68(3,4)5)43-41-62-51-60(53-67(58-62)46-49-71(9,10)11)39-37-35-33-31-29-27-25-23-21-19-17-15-2/h50-58H,14-39,44,47H2,1-13H3. The maximum atomic E-state index is 6.70. The predicted molar refractivity (Wildman–Crippen MR) is 328 cm³/mol. The smallest absolute Gasteiger partial charge is 0.191 e. The van der Waals surface area contributed by atoms with Crippen LogP contribution >= 0.6 is 0 Å². The number of hydrogen-bond acceptors (Lipinski definition) is 1. The van der Waals surface area contributed by atoms with Gasteiger partial charge in [-0.25, -0.2) is 0 Å². The van der Waals surface area contributed by atoms with Crippen molar-refractivity contribution >= 4 is 24.5 Å². The summed E-state index contributed by atoms with van der Waals surface area (Å²) in [6.45, 7) is 30.8. The lowest BCUT2D eigenvalue weighted by Gasteiger charge is -2.36. The lowest BCUT2D eigenvalue weighted by molar-refractivity contribution is 0.292. The van der Waals surface area contributed by atoms with Crippen molar-refractivity contribution in [2.45, 2.75) is 265 Å². The third-order valence-corrected chi connectivity index (χ3v) is 20.4. The van der Waals surface area contributed by atoms with E-state index in [0.717, 1.165) is 52.6 Å². The van der Waals surface area contributed by atoms with Crippen LogP contribution in [0.25, 0.3) is 0 Å². The van der Waals surface area contributed by atoms with Gasteiger partial charge in [-0.05, 0) is 122 Å². The summed E-state index contributed by atoms with van der Waals surface area (Å²) >= 11 is 0. The van der Waals surface area contributed by atoms with E-state index in [0.29, 0.717) is 6.61 Å². The third kappa shape index (κ3) is 29.4. The van der Waals surface area contributed by atoms with Crippen LogP contribution in [0.15, 0.2) is 54.6 Å². The minimum Gasteiger partial charge on any atom is -0.416 e. The molecule has 0 aliphatic rings. The van der Waals surface area contributed by atoms with Gasteiger partial charge in [0.05, 0.1) is 0 Å². The largest absolute Gasteiger partial charge is 0.416 e. The van der Waals surface area contributed by atoms with Crippen LogP contribution < -0.4 is 0 Å². The molecule has 0 amide bonds. The maximum absolute atomic E-state index is 6.70. The van der Waals surface area contributed by atoms with Gasteiger partial charge in [-0.2, -0.15) is 0 Å². The summed E-state index contributed by atoms with van der Waals surface area (Å²) in [6, 6.07) is 20.4. The molecule has 0 radical (unpaired) electrons. The van der Waals surface area contributed by atoms with Crippen molar-refractivity contribution in [3.05, 3.63) is 105 Å². The zero-order chi connectivity index (χ0) is 52.7. The molecule has 4 heteroatoms. The van der Waals surface area contributed by atoms with Gasteiger partial charge in [0.25, 0.3) is 0 Å². The Labute approximate surface area is 449 Å². The van der Waals surface area contributed by atoms with Crippen molar-refractivity contribution in [3.8, 4) is 46.6 Å². The average molecular weight is 1020 g/mol. The molecular formula is C68H104OSi3. The van der Waals surface area contributed by atoms with E-state index in [2.05, 4.69) is 188 Å². The number of aryl methyl sites for hydroxylation is 2. The second-order valence-electron chi connectivity index (χ2n) is 24.9. The fraction of sp³-hybridized carbons (Fsp3) is 0.618. The van der Waals surface area contributed by atoms with E-state index in [-0.39, 0.29) is 5.04 Å². The topological polar surface area (TPSA) is 9.23 Å². The van der Waals surface area contributed by atoms with Crippen LogP contribution in [0.4, 0.5) is 0 Å². The Morgan fingerprint density at radius 2 is 0.583 bits per heavy atom. The van der Waals surface area contributed by atoms with Gasteiger partial charge in [0.15, 0.2) is 8.32 Å². The van der Waals surface area contributed by atoms with E-state index < -0.39 is 24.5 Å². The lowest BCUT2D eigenvalue weighted by Crippen LogP contribution is -2.41. The lowest BCUT2D eigenvalue weighted by atomic mass is 9.99. The number of benzene rings is 3. The maximum Gasteiger partial charge on any atom is 0.191 e. The fourth-order valence-corrected chi connectivity index (χ4v) is 10.8. The first kappa shape index (κ1) is 62.8. The van der Waals surface area contributed by atoms with Crippen molar-refractivity contribution < 1.29 is 4.43 Å². The first-order valence-electron chi connectivity index (χ1n) is 29.4. The Morgan fingerprint density at radius 1 is 0.333 bits per heavy atom. The highest BCUT2D eigenvalue weighted by atomic mass is 28.4. The molecule has 3 aromatic carbocycles. The Kier molecular flexibility index (Phi) is 29.8. The molecule has 72 heavy (non-hydrogen) atoms. The van der Waals surface area contributed by atoms with Gasteiger partial charge in [0.2, 0.25) is 0 Å². The molecule has 0 spiro atoms. The van der Waals surface area contributed by atoms with Gasteiger partial charge in [0.1, 0.15) is 16.1 Å². The average Bonchev–Trinajstić information content (AvgIpc) is 3.31. The monoisotopic (exact) mass is 1020 g/mol. The van der Waals surface area contributed by atoms with Gasteiger partial charge in [-0.3, -0.25) is 0 Å². The Morgan fingerprint density at radius 3 is 0.847 bits per heavy atom. The predicted octanol–water partition coefficient (Wildman–Crippen LogP) is 20.0. The Balaban J connectivity index is 1.87. The fourth-order valence-electron chi connectivity index (χ4n) is 8.73. The summed E-state index contributed by atoms with van der Waals surface area (Å²) in [6.07, 6.45) is 35.7. The number of hydrogen-bond donors (Lipinski definition) is 0. The Bertz CT molecular complexity index is 2140. The van der Waals surface area contributed by atoms with Crippen LogP contribution in [0.5, 0.6) is 0 Å². The van der Waals surface area contributed by atoms with E-state index in [1.54, 1.807) is 0 Å². The second kappa shape index (κ2) is 34.2. The molecule has 0 saturated carbocycles. The van der Waals surface area contributed by atoms with Gasteiger partial charge < -0.3 is 4.43 Å². The van der Waals surface area contributed by atoms with Gasteiger partial charge in [-0.15, -0.1) is 11.1 Å². The molecule has 0 heterocycles. The van der Waals surface area contributed by atoms with Crippen LogP contribution in [-0.2, 0) is 23.7 Å². The second-order valence-corrected chi connectivity index (χ2v) is 39.2. The molecule has 0 unspecified atom stereocenters. The highest BCUT2D eigenvalue weighted by Crippen LogP contribution is 2.36. The Hall–Kier alpha value is -3.49. The summed E-state index contributed by atoms with van der Waals surface area (Å²) in [5.41, 5.74) is 17.4.